The zero-order chi connectivity index (χ0) is 17.6. The molecule has 0 spiro atoms. The normalized spacial score (nSPS) is 12.3. The molecular weight excluding hydrogens is 328 g/mol. The number of thioether (sulfide) groups is 1. The first-order chi connectivity index (χ1) is 12.2. The summed E-state index contributed by atoms with van der Waals surface area (Å²) in [7, 11) is 0. The molecule has 0 radical (unpaired) electrons. The van der Waals surface area contributed by atoms with Crippen molar-refractivity contribution in [3.63, 3.8) is 0 Å². The van der Waals surface area contributed by atoms with Crippen molar-refractivity contribution >= 4 is 11.8 Å². The largest absolute Gasteiger partial charge is 0.301 e. The minimum Gasteiger partial charge on any atom is -0.301 e. The van der Waals surface area contributed by atoms with Crippen molar-refractivity contribution in [2.24, 2.45) is 0 Å². The average Bonchev–Trinajstić information content (AvgIpc) is 2.63. The minimum absolute atomic E-state index is 0.0546. The molecule has 3 rings (SSSR count). The van der Waals surface area contributed by atoms with E-state index in [0.29, 0.717) is 10.4 Å². The van der Waals surface area contributed by atoms with Crippen molar-refractivity contribution in [1.29, 1.82) is 0 Å². The van der Waals surface area contributed by atoms with Gasteiger partial charge in [-0.25, -0.2) is 4.98 Å². The Morgan fingerprint density at radius 3 is 2.08 bits per heavy atom. The van der Waals surface area contributed by atoms with Gasteiger partial charge in [-0.1, -0.05) is 86.3 Å². The monoisotopic (exact) mass is 350 g/mol. The van der Waals surface area contributed by atoms with Crippen LogP contribution in [-0.4, -0.2) is 15.2 Å². The molecule has 0 saturated carbocycles. The van der Waals surface area contributed by atoms with E-state index < -0.39 is 0 Å². The van der Waals surface area contributed by atoms with Gasteiger partial charge in [-0.15, -0.1) is 0 Å². The van der Waals surface area contributed by atoms with Gasteiger partial charge in [0, 0.05) is 11.3 Å². The Kier molecular flexibility index (Phi) is 5.71. The highest BCUT2D eigenvalue weighted by Gasteiger charge is 2.19. The van der Waals surface area contributed by atoms with Crippen molar-refractivity contribution in [2.45, 2.75) is 36.6 Å². The Bertz CT molecular complexity index is 822. The van der Waals surface area contributed by atoms with E-state index in [9.17, 15) is 4.79 Å². The molecule has 1 unspecified atom stereocenters. The molecule has 25 heavy (non-hydrogen) atoms. The number of rotatable bonds is 6. The summed E-state index contributed by atoms with van der Waals surface area (Å²) in [4.78, 5) is 19.9. The van der Waals surface area contributed by atoms with E-state index in [1.165, 1.54) is 0 Å². The van der Waals surface area contributed by atoms with Crippen LogP contribution in [0.2, 0.25) is 0 Å². The lowest BCUT2D eigenvalue weighted by atomic mass is 9.88. The van der Waals surface area contributed by atoms with Gasteiger partial charge >= 0.3 is 0 Å². The highest BCUT2D eigenvalue weighted by Crippen LogP contribution is 2.31. The molecule has 0 aliphatic heterocycles. The standard InChI is InChI=1S/C21H22N2OS/c1-3-15(2)25-21-22-18(14-19(24)23-21)20(16-10-6-4-7-11-16)17-12-8-5-9-13-17/h4-15,20H,3H2,1-2H3,(H,22,23,24). The van der Waals surface area contributed by atoms with Crippen LogP contribution in [0.15, 0.2) is 76.7 Å². The van der Waals surface area contributed by atoms with Gasteiger partial charge in [-0.2, -0.15) is 0 Å². The molecule has 0 bridgehead atoms. The molecule has 1 aromatic heterocycles. The summed E-state index contributed by atoms with van der Waals surface area (Å²) in [6.45, 7) is 4.28. The van der Waals surface area contributed by atoms with Crippen LogP contribution >= 0.6 is 11.8 Å². The Labute approximate surface area is 152 Å². The fourth-order valence-electron chi connectivity index (χ4n) is 2.76. The van der Waals surface area contributed by atoms with E-state index in [-0.39, 0.29) is 11.5 Å². The summed E-state index contributed by atoms with van der Waals surface area (Å²) in [5.41, 5.74) is 2.94. The molecule has 0 aliphatic carbocycles. The molecule has 0 amide bonds. The molecule has 2 aromatic carbocycles. The van der Waals surface area contributed by atoms with Crippen molar-refractivity contribution in [2.75, 3.05) is 0 Å². The van der Waals surface area contributed by atoms with Gasteiger partial charge in [0.25, 0.3) is 5.56 Å². The van der Waals surface area contributed by atoms with Gasteiger partial charge in [0.2, 0.25) is 0 Å². The van der Waals surface area contributed by atoms with E-state index in [1.54, 1.807) is 17.8 Å². The van der Waals surface area contributed by atoms with Crippen LogP contribution in [0, 0.1) is 0 Å². The highest BCUT2D eigenvalue weighted by atomic mass is 32.2. The van der Waals surface area contributed by atoms with Gasteiger partial charge < -0.3 is 4.98 Å². The summed E-state index contributed by atoms with van der Waals surface area (Å²) in [5, 5.41) is 1.10. The van der Waals surface area contributed by atoms with Crippen LogP contribution in [0.3, 0.4) is 0 Å². The lowest BCUT2D eigenvalue weighted by molar-refractivity contribution is 0.817. The molecule has 3 aromatic rings. The van der Waals surface area contributed by atoms with Gasteiger partial charge in [0.1, 0.15) is 0 Å². The van der Waals surface area contributed by atoms with Crippen molar-refractivity contribution < 1.29 is 0 Å². The second kappa shape index (κ2) is 8.17. The number of aromatic amines is 1. The summed E-state index contributed by atoms with van der Waals surface area (Å²) in [6.07, 6.45) is 1.03. The van der Waals surface area contributed by atoms with Crippen LogP contribution < -0.4 is 5.56 Å². The van der Waals surface area contributed by atoms with Gasteiger partial charge in [0.15, 0.2) is 5.16 Å². The lowest BCUT2D eigenvalue weighted by Gasteiger charge is -2.18. The Balaban J connectivity index is 2.09. The Morgan fingerprint density at radius 2 is 1.56 bits per heavy atom. The number of hydrogen-bond acceptors (Lipinski definition) is 3. The summed E-state index contributed by atoms with van der Waals surface area (Å²) in [5.74, 6) is -0.0546. The number of nitrogens with one attached hydrogen (secondary N) is 1. The molecule has 0 aliphatic rings. The average molecular weight is 350 g/mol. The first kappa shape index (κ1) is 17.5. The maximum atomic E-state index is 12.2. The predicted octanol–water partition coefficient (Wildman–Crippen LogP) is 4.84. The highest BCUT2D eigenvalue weighted by molar-refractivity contribution is 7.99. The third-order valence-corrected chi connectivity index (χ3v) is 5.34. The molecule has 0 fully saturated rings. The van der Waals surface area contributed by atoms with Crippen molar-refractivity contribution in [1.82, 2.24) is 9.97 Å². The minimum atomic E-state index is -0.104. The van der Waals surface area contributed by atoms with E-state index in [4.69, 9.17) is 4.98 Å². The van der Waals surface area contributed by atoms with Crippen molar-refractivity contribution in [3.05, 3.63) is 93.9 Å². The molecule has 0 saturated heterocycles. The van der Waals surface area contributed by atoms with Crippen LogP contribution in [0.1, 0.15) is 43.0 Å². The predicted molar refractivity (Wildman–Crippen MR) is 104 cm³/mol. The van der Waals surface area contributed by atoms with Gasteiger partial charge in [0.05, 0.1) is 11.6 Å². The summed E-state index contributed by atoms with van der Waals surface area (Å²) in [6, 6.07) is 22.0. The topological polar surface area (TPSA) is 45.8 Å². The number of nitrogens with zero attached hydrogens (tertiary/aromatic N) is 1. The third-order valence-electron chi connectivity index (χ3n) is 4.19. The molecule has 1 atom stereocenters. The maximum Gasteiger partial charge on any atom is 0.251 e. The fraction of sp³-hybridized carbons (Fsp3) is 0.238. The van der Waals surface area contributed by atoms with Crippen LogP contribution in [-0.2, 0) is 0 Å². The van der Waals surface area contributed by atoms with E-state index >= 15 is 0 Å². The third kappa shape index (κ3) is 4.40. The molecule has 3 nitrogen and oxygen atoms in total. The SMILES string of the molecule is CCC(C)Sc1nc(C(c2ccccc2)c2ccccc2)cc(=O)[nH]1. The van der Waals surface area contributed by atoms with Gasteiger partial charge in [-0.05, 0) is 17.5 Å². The van der Waals surface area contributed by atoms with Gasteiger partial charge in [-0.3, -0.25) is 4.79 Å². The summed E-state index contributed by atoms with van der Waals surface area (Å²) < 4.78 is 0. The molecule has 128 valence electrons. The van der Waals surface area contributed by atoms with Crippen LogP contribution in [0.4, 0.5) is 0 Å². The van der Waals surface area contributed by atoms with E-state index in [1.807, 2.05) is 36.4 Å². The van der Waals surface area contributed by atoms with Crippen LogP contribution in [0.25, 0.3) is 0 Å². The fourth-order valence-corrected chi connectivity index (χ4v) is 3.62. The zero-order valence-corrected chi connectivity index (χ0v) is 15.3. The lowest BCUT2D eigenvalue weighted by Crippen LogP contribution is -2.15. The smallest absolute Gasteiger partial charge is 0.251 e. The molecule has 4 heteroatoms. The van der Waals surface area contributed by atoms with E-state index in [2.05, 4.69) is 43.1 Å². The second-order valence-electron chi connectivity index (χ2n) is 6.07. The second-order valence-corrected chi connectivity index (χ2v) is 7.49. The van der Waals surface area contributed by atoms with Crippen LogP contribution in [0.5, 0.6) is 0 Å². The number of hydrogen-bond donors (Lipinski definition) is 1. The van der Waals surface area contributed by atoms with E-state index in [0.717, 1.165) is 23.2 Å². The molecule has 1 N–H and O–H groups in total. The Hall–Kier alpha value is -2.33. The Morgan fingerprint density at radius 1 is 1.00 bits per heavy atom. The van der Waals surface area contributed by atoms with Crippen molar-refractivity contribution in [3.8, 4) is 0 Å². The maximum absolute atomic E-state index is 12.2. The molecular formula is C21H22N2OS. The summed E-state index contributed by atoms with van der Waals surface area (Å²) >= 11 is 1.61. The number of H-pyrrole nitrogens is 1. The number of aromatic nitrogens is 2. The first-order valence-electron chi connectivity index (χ1n) is 8.55. The zero-order valence-electron chi connectivity index (χ0n) is 14.5. The quantitative estimate of drug-likeness (QED) is 0.511. The first-order valence-corrected chi connectivity index (χ1v) is 9.43. The molecule has 1 heterocycles. The number of benzene rings is 2.